The summed E-state index contributed by atoms with van der Waals surface area (Å²) in [6.07, 6.45) is 12.7. The van der Waals surface area contributed by atoms with Crippen LogP contribution in [0.3, 0.4) is 0 Å². The topological polar surface area (TPSA) is 72.7 Å². The Kier molecular flexibility index (Phi) is 7.01. The van der Waals surface area contributed by atoms with Crippen molar-refractivity contribution in [1.29, 1.82) is 0 Å². The van der Waals surface area contributed by atoms with Crippen LogP contribution in [0.25, 0.3) is 0 Å². The molecule has 2 heterocycles. The van der Waals surface area contributed by atoms with Gasteiger partial charge in [0, 0.05) is 29.8 Å². The number of carbonyl (C=O) groups is 1. The number of nitro groups is 1. The molecule has 170 valence electrons. The van der Waals surface area contributed by atoms with E-state index in [2.05, 4.69) is 18.9 Å². The van der Waals surface area contributed by atoms with Crippen LogP contribution in [0.4, 0.5) is 0 Å². The van der Waals surface area contributed by atoms with Crippen molar-refractivity contribution < 1.29 is 14.5 Å². The Hall–Kier alpha value is -1.17. The van der Waals surface area contributed by atoms with E-state index >= 15 is 0 Å². The Bertz CT molecular complexity index is 610. The van der Waals surface area contributed by atoms with Crippen LogP contribution < -0.4 is 0 Å². The second-order valence-corrected chi connectivity index (χ2v) is 10.8. The monoisotopic (exact) mass is 420 g/mol. The molecule has 2 aliphatic carbocycles. The van der Waals surface area contributed by atoms with Gasteiger partial charge >= 0.3 is 5.97 Å². The molecule has 2 bridgehead atoms. The summed E-state index contributed by atoms with van der Waals surface area (Å²) in [5, 5.41) is 10.9. The van der Waals surface area contributed by atoms with E-state index in [4.69, 9.17) is 4.74 Å². The average molecular weight is 421 g/mol. The maximum Gasteiger partial charge on any atom is 0.310 e. The highest BCUT2D eigenvalue weighted by molar-refractivity contribution is 5.74. The van der Waals surface area contributed by atoms with Gasteiger partial charge in [0.25, 0.3) is 0 Å². The summed E-state index contributed by atoms with van der Waals surface area (Å²) in [4.78, 5) is 26.6. The smallest absolute Gasteiger partial charge is 0.310 e. The predicted octanol–water partition coefficient (Wildman–Crippen LogP) is 4.68. The molecule has 4 rings (SSSR count). The molecule has 4 fully saturated rings. The number of esters is 1. The van der Waals surface area contributed by atoms with Gasteiger partial charge in [-0.25, -0.2) is 0 Å². The van der Waals surface area contributed by atoms with Crippen molar-refractivity contribution in [3.8, 4) is 0 Å². The zero-order chi connectivity index (χ0) is 21.3. The summed E-state index contributed by atoms with van der Waals surface area (Å²) in [5.41, 5.74) is 0. The van der Waals surface area contributed by atoms with Crippen molar-refractivity contribution in [2.75, 3.05) is 13.7 Å². The van der Waals surface area contributed by atoms with Crippen LogP contribution in [0.1, 0.15) is 84.0 Å². The molecule has 2 saturated carbocycles. The molecule has 4 aliphatic rings. The molecule has 2 aliphatic heterocycles. The van der Waals surface area contributed by atoms with Gasteiger partial charge in [-0.1, -0.05) is 19.8 Å². The Morgan fingerprint density at radius 2 is 1.73 bits per heavy atom. The average Bonchev–Trinajstić information content (AvgIpc) is 2.97. The Balaban J connectivity index is 1.31. The molecular formula is C24H40N2O4. The van der Waals surface area contributed by atoms with E-state index in [-0.39, 0.29) is 22.9 Å². The predicted molar refractivity (Wildman–Crippen MR) is 116 cm³/mol. The molecule has 6 nitrogen and oxygen atoms in total. The first kappa shape index (κ1) is 22.0. The van der Waals surface area contributed by atoms with Crippen molar-refractivity contribution in [1.82, 2.24) is 4.90 Å². The van der Waals surface area contributed by atoms with Crippen molar-refractivity contribution in [3.05, 3.63) is 10.1 Å². The van der Waals surface area contributed by atoms with Crippen LogP contribution in [0.15, 0.2) is 0 Å². The van der Waals surface area contributed by atoms with Crippen LogP contribution in [0, 0.1) is 39.7 Å². The van der Waals surface area contributed by atoms with E-state index in [0.29, 0.717) is 49.3 Å². The highest BCUT2D eigenvalue weighted by Gasteiger charge is 2.51. The van der Waals surface area contributed by atoms with Crippen LogP contribution >= 0.6 is 0 Å². The van der Waals surface area contributed by atoms with E-state index in [1.807, 2.05) is 0 Å². The molecule has 0 radical (unpaired) electrons. The van der Waals surface area contributed by atoms with Crippen LogP contribution in [0.2, 0.25) is 0 Å². The Morgan fingerprint density at radius 3 is 2.40 bits per heavy atom. The highest BCUT2D eigenvalue weighted by atomic mass is 16.6. The number of hydrogen-bond donors (Lipinski definition) is 0. The summed E-state index contributed by atoms with van der Waals surface area (Å²) < 4.78 is 5.90. The van der Waals surface area contributed by atoms with Crippen LogP contribution in [-0.2, 0) is 9.53 Å². The summed E-state index contributed by atoms with van der Waals surface area (Å²) in [5.74, 6) is 2.56. The molecule has 0 aromatic carbocycles. The summed E-state index contributed by atoms with van der Waals surface area (Å²) in [6, 6.07) is 0.646. The van der Waals surface area contributed by atoms with Crippen molar-refractivity contribution >= 4 is 5.97 Å². The van der Waals surface area contributed by atoms with E-state index in [1.165, 1.54) is 32.1 Å². The molecule has 2 saturated heterocycles. The van der Waals surface area contributed by atoms with Crippen molar-refractivity contribution in [2.45, 2.75) is 102 Å². The maximum absolute atomic E-state index is 13.3. The van der Waals surface area contributed by atoms with Gasteiger partial charge in [-0.2, -0.15) is 0 Å². The van der Waals surface area contributed by atoms with Crippen LogP contribution in [0.5, 0.6) is 0 Å². The second-order valence-electron chi connectivity index (χ2n) is 10.8. The SMILES string of the molecule is CC1CCC([C@H]2C[C@H]3CCC(C2C(=O)OCCC2CCC([N+](=O)[O-])CC2)N3C)CC1. The Labute approximate surface area is 181 Å². The Morgan fingerprint density at radius 1 is 1.03 bits per heavy atom. The molecular weight excluding hydrogens is 380 g/mol. The molecule has 0 aromatic rings. The minimum atomic E-state index is -0.365. The standard InChI is InChI=1S/C24H40N2O4/c1-16-3-7-18(8-4-16)21-15-20-11-12-22(25(20)2)23(21)24(27)30-14-13-17-5-9-19(10-6-17)26(28)29/h16-23H,3-15H2,1-2H3/t16?,17?,18?,19?,20-,21-,22?,23?/m1/s1. The van der Waals surface area contributed by atoms with Gasteiger partial charge in [0.2, 0.25) is 6.04 Å². The number of nitrogens with zero attached hydrogens (tertiary/aromatic N) is 2. The largest absolute Gasteiger partial charge is 0.465 e. The number of piperidine rings is 1. The molecule has 6 heteroatoms. The van der Waals surface area contributed by atoms with Crippen LogP contribution in [-0.4, -0.2) is 47.6 Å². The fourth-order valence-corrected chi connectivity index (χ4v) is 7.10. The minimum Gasteiger partial charge on any atom is -0.465 e. The van der Waals surface area contributed by atoms with Gasteiger partial charge in [-0.3, -0.25) is 19.8 Å². The minimum absolute atomic E-state index is 0.0369. The molecule has 0 N–H and O–H groups in total. The zero-order valence-electron chi connectivity index (χ0n) is 18.8. The van der Waals surface area contributed by atoms with E-state index in [1.54, 1.807) is 0 Å². The number of carbonyl (C=O) groups excluding carboxylic acids is 1. The molecule has 0 aromatic heterocycles. The lowest BCUT2D eigenvalue weighted by Gasteiger charge is -2.46. The second kappa shape index (κ2) is 9.54. The highest BCUT2D eigenvalue weighted by Crippen LogP contribution is 2.48. The van der Waals surface area contributed by atoms with Gasteiger partial charge in [-0.05, 0) is 82.1 Å². The lowest BCUT2D eigenvalue weighted by Crippen LogP contribution is -2.52. The maximum atomic E-state index is 13.3. The van der Waals surface area contributed by atoms with Gasteiger partial charge in [-0.15, -0.1) is 0 Å². The quantitative estimate of drug-likeness (QED) is 0.354. The first-order valence-electron chi connectivity index (χ1n) is 12.5. The summed E-state index contributed by atoms with van der Waals surface area (Å²) >= 11 is 0. The first-order valence-corrected chi connectivity index (χ1v) is 12.5. The number of hydrogen-bond acceptors (Lipinski definition) is 5. The lowest BCUT2D eigenvalue weighted by molar-refractivity contribution is -0.527. The third kappa shape index (κ3) is 4.68. The fourth-order valence-electron chi connectivity index (χ4n) is 7.10. The molecule has 2 unspecified atom stereocenters. The molecule has 30 heavy (non-hydrogen) atoms. The van der Waals surface area contributed by atoms with E-state index < -0.39 is 0 Å². The fraction of sp³-hybridized carbons (Fsp3) is 0.958. The van der Waals surface area contributed by atoms with Crippen molar-refractivity contribution in [2.24, 2.45) is 29.6 Å². The number of ether oxygens (including phenoxy) is 1. The summed E-state index contributed by atoms with van der Waals surface area (Å²) in [6.45, 7) is 2.84. The molecule has 0 amide bonds. The van der Waals surface area contributed by atoms with Crippen molar-refractivity contribution in [3.63, 3.8) is 0 Å². The third-order valence-corrected chi connectivity index (χ3v) is 9.14. The van der Waals surface area contributed by atoms with Gasteiger partial charge < -0.3 is 4.74 Å². The van der Waals surface area contributed by atoms with Gasteiger partial charge in [0.15, 0.2) is 0 Å². The third-order valence-electron chi connectivity index (χ3n) is 9.14. The summed E-state index contributed by atoms with van der Waals surface area (Å²) in [7, 11) is 2.20. The number of fused-ring (bicyclic) bond motifs is 2. The first-order chi connectivity index (χ1) is 14.4. The van der Waals surface area contributed by atoms with Gasteiger partial charge in [0.1, 0.15) is 0 Å². The number of rotatable bonds is 6. The molecule has 4 atom stereocenters. The lowest BCUT2D eigenvalue weighted by atomic mass is 9.67. The van der Waals surface area contributed by atoms with E-state index in [9.17, 15) is 14.9 Å². The normalized spacial score (nSPS) is 42.1. The van der Waals surface area contributed by atoms with E-state index in [0.717, 1.165) is 38.0 Å². The zero-order valence-corrected chi connectivity index (χ0v) is 18.8. The van der Waals surface area contributed by atoms with Gasteiger partial charge in [0.05, 0.1) is 12.5 Å². The molecule has 0 spiro atoms.